The van der Waals surface area contributed by atoms with Crippen molar-refractivity contribution in [1.82, 2.24) is 0 Å². The molecule has 0 aliphatic carbocycles. The summed E-state index contributed by atoms with van der Waals surface area (Å²) in [7, 11) is 0. The second-order valence-corrected chi connectivity index (χ2v) is 5.53. The number of carbonyl (C=O) groups is 2. The predicted octanol–water partition coefficient (Wildman–Crippen LogP) is 3.87. The van der Waals surface area contributed by atoms with E-state index in [-0.39, 0.29) is 11.9 Å². The zero-order valence-electron chi connectivity index (χ0n) is 14.7. The molecule has 0 saturated heterocycles. The van der Waals surface area contributed by atoms with Crippen LogP contribution in [0.25, 0.3) is 0 Å². The quantitative estimate of drug-likeness (QED) is 0.716. The van der Waals surface area contributed by atoms with Crippen molar-refractivity contribution in [2.75, 3.05) is 23.8 Å². The van der Waals surface area contributed by atoms with Gasteiger partial charge in [0.1, 0.15) is 0 Å². The van der Waals surface area contributed by atoms with E-state index in [2.05, 4.69) is 17.6 Å². The normalized spacial score (nSPS) is 10.2. The van der Waals surface area contributed by atoms with Crippen molar-refractivity contribution in [1.29, 1.82) is 0 Å². The number of hydrogen-bond acceptors (Lipinski definition) is 4. The molecule has 5 nitrogen and oxygen atoms in total. The number of esters is 1. The number of aryl methyl sites for hydroxylation is 1. The molecule has 0 aliphatic heterocycles. The fourth-order valence-electron chi connectivity index (χ4n) is 2.42. The smallest absolute Gasteiger partial charge is 0.338 e. The summed E-state index contributed by atoms with van der Waals surface area (Å²) in [5, 5.41) is 6.12. The average Bonchev–Trinajstić information content (AvgIpc) is 2.63. The maximum atomic E-state index is 12.1. The van der Waals surface area contributed by atoms with Gasteiger partial charge in [0.05, 0.1) is 12.2 Å². The van der Waals surface area contributed by atoms with Crippen LogP contribution in [0.15, 0.2) is 48.5 Å². The predicted molar refractivity (Wildman–Crippen MR) is 100.0 cm³/mol. The summed E-state index contributed by atoms with van der Waals surface area (Å²) in [5.41, 5.74) is 3.36. The first-order valence-electron chi connectivity index (χ1n) is 8.52. The van der Waals surface area contributed by atoms with E-state index >= 15 is 0 Å². The third-order valence-electron chi connectivity index (χ3n) is 3.75. The number of benzene rings is 2. The van der Waals surface area contributed by atoms with Gasteiger partial charge in [0.25, 0.3) is 0 Å². The average molecular weight is 340 g/mol. The molecule has 0 aromatic heterocycles. The number of hydrogen-bond donors (Lipinski definition) is 2. The molecule has 25 heavy (non-hydrogen) atoms. The Morgan fingerprint density at radius 2 is 1.72 bits per heavy atom. The third kappa shape index (κ3) is 5.64. The Kier molecular flexibility index (Phi) is 7.01. The molecule has 0 aliphatic rings. The van der Waals surface area contributed by atoms with Crippen molar-refractivity contribution in [2.45, 2.75) is 26.7 Å². The van der Waals surface area contributed by atoms with Crippen LogP contribution in [0, 0.1) is 0 Å². The maximum Gasteiger partial charge on any atom is 0.338 e. The van der Waals surface area contributed by atoms with Crippen molar-refractivity contribution >= 4 is 23.3 Å². The van der Waals surface area contributed by atoms with E-state index in [1.165, 1.54) is 0 Å². The largest absolute Gasteiger partial charge is 0.462 e. The molecule has 0 heterocycles. The van der Waals surface area contributed by atoms with Crippen LogP contribution in [0.5, 0.6) is 0 Å². The molecule has 0 unspecified atom stereocenters. The van der Waals surface area contributed by atoms with E-state index in [9.17, 15) is 9.59 Å². The summed E-state index contributed by atoms with van der Waals surface area (Å²) in [6, 6.07) is 14.8. The van der Waals surface area contributed by atoms with Gasteiger partial charge in [-0.05, 0) is 49.2 Å². The number of nitrogens with one attached hydrogen (secondary N) is 2. The molecular weight excluding hydrogens is 316 g/mol. The summed E-state index contributed by atoms with van der Waals surface area (Å²) in [4.78, 5) is 23.7. The first-order chi connectivity index (χ1) is 12.1. The minimum atomic E-state index is -0.331. The van der Waals surface area contributed by atoms with Crippen molar-refractivity contribution in [2.24, 2.45) is 0 Å². The summed E-state index contributed by atoms with van der Waals surface area (Å²) >= 11 is 0. The summed E-state index contributed by atoms with van der Waals surface area (Å²) in [6.45, 7) is 4.71. The van der Waals surface area contributed by atoms with E-state index in [0.29, 0.717) is 25.1 Å². The van der Waals surface area contributed by atoms with Gasteiger partial charge in [-0.1, -0.05) is 25.1 Å². The van der Waals surface area contributed by atoms with Gasteiger partial charge in [-0.25, -0.2) is 4.79 Å². The van der Waals surface area contributed by atoms with Crippen LogP contribution in [-0.2, 0) is 16.0 Å². The number of carbonyl (C=O) groups excluding carboxylic acids is 2. The summed E-state index contributed by atoms with van der Waals surface area (Å²) in [6.07, 6.45) is 1.24. The van der Waals surface area contributed by atoms with Gasteiger partial charge < -0.3 is 15.4 Å². The molecule has 0 fully saturated rings. The van der Waals surface area contributed by atoms with Crippen LogP contribution in [0.4, 0.5) is 11.4 Å². The lowest BCUT2D eigenvalue weighted by molar-refractivity contribution is -0.115. The fourth-order valence-corrected chi connectivity index (χ4v) is 2.42. The molecule has 0 saturated carbocycles. The van der Waals surface area contributed by atoms with Gasteiger partial charge >= 0.3 is 5.97 Å². The van der Waals surface area contributed by atoms with Crippen LogP contribution in [-0.4, -0.2) is 25.0 Å². The molecular formula is C20H24N2O3. The summed E-state index contributed by atoms with van der Waals surface area (Å²) in [5.74, 6) is -0.362. The molecule has 0 radical (unpaired) electrons. The van der Waals surface area contributed by atoms with Gasteiger partial charge in [-0.2, -0.15) is 0 Å². The lowest BCUT2D eigenvalue weighted by Crippen LogP contribution is -2.17. The highest BCUT2D eigenvalue weighted by molar-refractivity contribution is 5.92. The van der Waals surface area contributed by atoms with Gasteiger partial charge in [-0.3, -0.25) is 4.79 Å². The molecule has 2 rings (SSSR count). The van der Waals surface area contributed by atoms with Crippen LogP contribution in [0.3, 0.4) is 0 Å². The Hall–Kier alpha value is -2.82. The first kappa shape index (κ1) is 18.5. The molecule has 2 aromatic rings. The maximum absolute atomic E-state index is 12.1. The SMILES string of the molecule is CCOC(=O)c1ccc(NCCC(=O)Nc2ccccc2CC)cc1. The second-order valence-electron chi connectivity index (χ2n) is 5.53. The van der Waals surface area contributed by atoms with Crippen molar-refractivity contribution in [3.8, 4) is 0 Å². The minimum Gasteiger partial charge on any atom is -0.462 e. The fraction of sp³-hybridized carbons (Fsp3) is 0.300. The number of rotatable bonds is 8. The number of anilines is 2. The minimum absolute atomic E-state index is 0.0310. The lowest BCUT2D eigenvalue weighted by Gasteiger charge is -2.10. The van der Waals surface area contributed by atoms with E-state index in [4.69, 9.17) is 4.74 Å². The zero-order chi connectivity index (χ0) is 18.1. The standard InChI is InChI=1S/C20H24N2O3/c1-3-15-7-5-6-8-18(15)22-19(23)13-14-21-17-11-9-16(10-12-17)20(24)25-4-2/h5-12,21H,3-4,13-14H2,1-2H3,(H,22,23). The van der Waals surface area contributed by atoms with Crippen molar-refractivity contribution < 1.29 is 14.3 Å². The van der Waals surface area contributed by atoms with E-state index in [0.717, 1.165) is 23.4 Å². The van der Waals surface area contributed by atoms with Crippen LogP contribution >= 0.6 is 0 Å². The highest BCUT2D eigenvalue weighted by atomic mass is 16.5. The Morgan fingerprint density at radius 3 is 2.40 bits per heavy atom. The summed E-state index contributed by atoms with van der Waals surface area (Å²) < 4.78 is 4.94. The van der Waals surface area contributed by atoms with Crippen LogP contribution in [0.1, 0.15) is 36.2 Å². The Balaban J connectivity index is 1.80. The molecule has 2 aromatic carbocycles. The lowest BCUT2D eigenvalue weighted by atomic mass is 10.1. The number of para-hydroxylation sites is 1. The van der Waals surface area contributed by atoms with Gasteiger partial charge in [0.15, 0.2) is 0 Å². The molecule has 0 spiro atoms. The third-order valence-corrected chi connectivity index (χ3v) is 3.75. The van der Waals surface area contributed by atoms with Crippen LogP contribution in [0.2, 0.25) is 0 Å². The molecule has 5 heteroatoms. The number of amides is 1. The Bertz CT molecular complexity index is 711. The second kappa shape index (κ2) is 9.47. The molecule has 2 N–H and O–H groups in total. The first-order valence-corrected chi connectivity index (χ1v) is 8.52. The van der Waals surface area contributed by atoms with Crippen LogP contribution < -0.4 is 10.6 Å². The van der Waals surface area contributed by atoms with Gasteiger partial charge in [0.2, 0.25) is 5.91 Å². The highest BCUT2D eigenvalue weighted by Crippen LogP contribution is 2.16. The molecule has 0 bridgehead atoms. The van der Waals surface area contributed by atoms with Gasteiger partial charge in [0, 0.05) is 24.3 Å². The molecule has 132 valence electrons. The highest BCUT2D eigenvalue weighted by Gasteiger charge is 2.07. The monoisotopic (exact) mass is 340 g/mol. The van der Waals surface area contributed by atoms with Crippen molar-refractivity contribution in [3.63, 3.8) is 0 Å². The zero-order valence-corrected chi connectivity index (χ0v) is 14.7. The Labute approximate surface area is 148 Å². The van der Waals surface area contributed by atoms with E-state index in [1.807, 2.05) is 24.3 Å². The topological polar surface area (TPSA) is 67.4 Å². The van der Waals surface area contributed by atoms with Crippen molar-refractivity contribution in [3.05, 3.63) is 59.7 Å². The number of ether oxygens (including phenoxy) is 1. The molecule has 1 amide bonds. The van der Waals surface area contributed by atoms with E-state index in [1.54, 1.807) is 31.2 Å². The van der Waals surface area contributed by atoms with E-state index < -0.39 is 0 Å². The molecule has 0 atom stereocenters. The Morgan fingerprint density at radius 1 is 1.00 bits per heavy atom. The van der Waals surface area contributed by atoms with Gasteiger partial charge in [-0.15, -0.1) is 0 Å².